The number of aromatic hydroxyl groups is 1. The summed E-state index contributed by atoms with van der Waals surface area (Å²) in [7, 11) is 1.58. The summed E-state index contributed by atoms with van der Waals surface area (Å²) in [5.41, 5.74) is 1.31. The third kappa shape index (κ3) is 3.75. The Balaban J connectivity index is 3.41. The van der Waals surface area contributed by atoms with E-state index in [4.69, 9.17) is 4.74 Å². The van der Waals surface area contributed by atoms with Gasteiger partial charge in [0.15, 0.2) is 5.78 Å². The molecule has 0 unspecified atom stereocenters. The van der Waals surface area contributed by atoms with Crippen molar-refractivity contribution in [3.8, 4) is 11.5 Å². The van der Waals surface area contributed by atoms with E-state index in [-0.39, 0.29) is 22.4 Å². The van der Waals surface area contributed by atoms with Gasteiger partial charge in [-0.05, 0) is 30.2 Å². The second-order valence-corrected chi connectivity index (χ2v) is 7.25. The van der Waals surface area contributed by atoms with E-state index in [1.54, 1.807) is 13.2 Å². The van der Waals surface area contributed by atoms with Gasteiger partial charge in [-0.25, -0.2) is 0 Å². The highest BCUT2D eigenvalue weighted by atomic mass is 16.5. The molecule has 0 bridgehead atoms. The van der Waals surface area contributed by atoms with Crippen LogP contribution in [0.1, 0.15) is 63.9 Å². The lowest BCUT2D eigenvalue weighted by molar-refractivity contribution is 0.101. The number of ketones is 1. The molecule has 0 radical (unpaired) electrons. The van der Waals surface area contributed by atoms with Crippen molar-refractivity contribution in [3.05, 3.63) is 23.3 Å². The quantitative estimate of drug-likeness (QED) is 0.834. The molecule has 20 heavy (non-hydrogen) atoms. The maximum Gasteiger partial charge on any atom is 0.163 e. The maximum absolute atomic E-state index is 11.6. The molecule has 0 aliphatic rings. The van der Waals surface area contributed by atoms with Gasteiger partial charge in [-0.3, -0.25) is 4.79 Å². The van der Waals surface area contributed by atoms with E-state index in [1.807, 2.05) is 0 Å². The number of hydrogen-bond donors (Lipinski definition) is 1. The fraction of sp³-hybridized carbons (Fsp3) is 0.588. The van der Waals surface area contributed by atoms with Crippen LogP contribution in [0, 0.1) is 5.41 Å². The van der Waals surface area contributed by atoms with Crippen LogP contribution in [0.5, 0.6) is 11.5 Å². The highest BCUT2D eigenvalue weighted by Gasteiger charge is 2.31. The Morgan fingerprint density at radius 2 is 1.75 bits per heavy atom. The Bertz CT molecular complexity index is 508. The number of Topliss-reactive ketones (excluding diaryl/α,β-unsaturated/α-hetero) is 1. The van der Waals surface area contributed by atoms with Gasteiger partial charge in [0.1, 0.15) is 11.5 Å². The predicted molar refractivity (Wildman–Crippen MR) is 81.8 cm³/mol. The second kappa shape index (κ2) is 5.47. The summed E-state index contributed by atoms with van der Waals surface area (Å²) < 4.78 is 5.39. The Labute approximate surface area is 122 Å². The lowest BCUT2D eigenvalue weighted by Crippen LogP contribution is -2.25. The van der Waals surface area contributed by atoms with Gasteiger partial charge >= 0.3 is 0 Å². The summed E-state index contributed by atoms with van der Waals surface area (Å²) in [6, 6.07) is 3.30. The zero-order valence-corrected chi connectivity index (χ0v) is 13.6. The van der Waals surface area contributed by atoms with Crippen LogP contribution < -0.4 is 4.74 Å². The van der Waals surface area contributed by atoms with Crippen molar-refractivity contribution >= 4 is 5.78 Å². The van der Waals surface area contributed by atoms with Gasteiger partial charge in [-0.2, -0.15) is 0 Å². The summed E-state index contributed by atoms with van der Waals surface area (Å²) in [4.78, 5) is 11.6. The van der Waals surface area contributed by atoms with Crippen molar-refractivity contribution < 1.29 is 14.6 Å². The van der Waals surface area contributed by atoms with Crippen molar-refractivity contribution in [3.63, 3.8) is 0 Å². The molecular formula is C17H26O3. The van der Waals surface area contributed by atoms with E-state index in [0.717, 1.165) is 12.0 Å². The molecule has 0 aliphatic heterocycles. The van der Waals surface area contributed by atoms with Crippen LogP contribution in [-0.2, 0) is 5.41 Å². The monoisotopic (exact) mass is 278 g/mol. The van der Waals surface area contributed by atoms with E-state index >= 15 is 0 Å². The first-order valence-corrected chi connectivity index (χ1v) is 6.90. The average molecular weight is 278 g/mol. The van der Waals surface area contributed by atoms with E-state index in [9.17, 15) is 9.90 Å². The van der Waals surface area contributed by atoms with Crippen molar-refractivity contribution in [2.75, 3.05) is 7.11 Å². The third-order valence-corrected chi connectivity index (χ3v) is 3.40. The summed E-state index contributed by atoms with van der Waals surface area (Å²) in [6.07, 6.45) is 0.943. The summed E-state index contributed by atoms with van der Waals surface area (Å²) >= 11 is 0. The fourth-order valence-electron chi connectivity index (χ4n) is 2.97. The smallest absolute Gasteiger partial charge is 0.163 e. The lowest BCUT2D eigenvalue weighted by Gasteiger charge is -2.34. The maximum atomic E-state index is 11.6. The van der Waals surface area contributed by atoms with Crippen LogP contribution in [0.3, 0.4) is 0 Å². The lowest BCUT2D eigenvalue weighted by atomic mass is 9.71. The SMILES string of the molecule is COc1cc(O)c(C(C)=O)cc1C(C)(C)CC(C)(C)C. The Morgan fingerprint density at radius 3 is 2.15 bits per heavy atom. The molecular weight excluding hydrogens is 252 g/mol. The molecule has 112 valence electrons. The van der Waals surface area contributed by atoms with Crippen molar-refractivity contribution in [1.29, 1.82) is 0 Å². The van der Waals surface area contributed by atoms with Crippen molar-refractivity contribution in [1.82, 2.24) is 0 Å². The normalized spacial score (nSPS) is 12.3. The molecule has 0 fully saturated rings. The number of phenols is 1. The van der Waals surface area contributed by atoms with Gasteiger partial charge in [0, 0.05) is 11.6 Å². The fourth-order valence-corrected chi connectivity index (χ4v) is 2.97. The van der Waals surface area contributed by atoms with E-state index < -0.39 is 0 Å². The number of rotatable bonds is 4. The number of benzene rings is 1. The Morgan fingerprint density at radius 1 is 1.20 bits per heavy atom. The first-order valence-electron chi connectivity index (χ1n) is 6.90. The largest absolute Gasteiger partial charge is 0.507 e. The van der Waals surface area contributed by atoms with Crippen LogP contribution >= 0.6 is 0 Å². The molecule has 3 nitrogen and oxygen atoms in total. The molecule has 0 saturated carbocycles. The zero-order valence-electron chi connectivity index (χ0n) is 13.6. The first kappa shape index (κ1) is 16.5. The van der Waals surface area contributed by atoms with Crippen LogP contribution in [0.4, 0.5) is 0 Å². The molecule has 0 saturated heterocycles. The Hall–Kier alpha value is -1.51. The molecule has 1 aromatic rings. The minimum absolute atomic E-state index is 0.0235. The number of methoxy groups -OCH3 is 1. The van der Waals surface area contributed by atoms with Crippen LogP contribution in [-0.4, -0.2) is 18.0 Å². The standard InChI is InChI=1S/C17H26O3/c1-11(18)12-8-13(15(20-7)9-14(12)19)17(5,6)10-16(2,3)4/h8-9,19H,10H2,1-7H3. The molecule has 0 spiro atoms. The van der Waals surface area contributed by atoms with Gasteiger partial charge in [-0.15, -0.1) is 0 Å². The summed E-state index contributed by atoms with van der Waals surface area (Å²) in [5, 5.41) is 9.91. The van der Waals surface area contributed by atoms with Crippen LogP contribution in [0.25, 0.3) is 0 Å². The van der Waals surface area contributed by atoms with Gasteiger partial charge in [0.25, 0.3) is 0 Å². The molecule has 0 aliphatic carbocycles. The zero-order chi connectivity index (χ0) is 15.7. The van der Waals surface area contributed by atoms with Gasteiger partial charge in [0.2, 0.25) is 0 Å². The summed E-state index contributed by atoms with van der Waals surface area (Å²) in [6.45, 7) is 12.3. The highest BCUT2D eigenvalue weighted by Crippen LogP contribution is 2.42. The molecule has 0 aromatic heterocycles. The molecule has 0 amide bonds. The topological polar surface area (TPSA) is 46.5 Å². The van der Waals surface area contributed by atoms with E-state index in [2.05, 4.69) is 34.6 Å². The molecule has 1 N–H and O–H groups in total. The van der Waals surface area contributed by atoms with E-state index in [1.165, 1.54) is 13.0 Å². The van der Waals surface area contributed by atoms with E-state index in [0.29, 0.717) is 11.3 Å². The molecule has 1 rings (SSSR count). The average Bonchev–Trinajstić information content (AvgIpc) is 2.24. The predicted octanol–water partition coefficient (Wildman–Crippen LogP) is 4.32. The molecule has 1 aromatic carbocycles. The molecule has 3 heteroatoms. The third-order valence-electron chi connectivity index (χ3n) is 3.40. The number of phenolic OH excluding ortho intramolecular Hbond substituents is 1. The van der Waals surface area contributed by atoms with Crippen molar-refractivity contribution in [2.24, 2.45) is 5.41 Å². The second-order valence-electron chi connectivity index (χ2n) is 7.25. The van der Waals surface area contributed by atoms with Crippen LogP contribution in [0.15, 0.2) is 12.1 Å². The summed E-state index contributed by atoms with van der Waals surface area (Å²) in [5.74, 6) is 0.462. The van der Waals surface area contributed by atoms with Crippen molar-refractivity contribution in [2.45, 2.75) is 53.4 Å². The minimum atomic E-state index is -0.151. The molecule has 0 heterocycles. The van der Waals surface area contributed by atoms with Gasteiger partial charge in [0.05, 0.1) is 12.7 Å². The number of hydrogen-bond acceptors (Lipinski definition) is 3. The highest BCUT2D eigenvalue weighted by molar-refractivity contribution is 5.97. The van der Waals surface area contributed by atoms with Gasteiger partial charge in [-0.1, -0.05) is 34.6 Å². The molecule has 0 atom stereocenters. The number of carbonyl (C=O) groups excluding carboxylic acids is 1. The van der Waals surface area contributed by atoms with Crippen LogP contribution in [0.2, 0.25) is 0 Å². The minimum Gasteiger partial charge on any atom is -0.507 e. The number of carbonyl (C=O) groups is 1. The Kier molecular flexibility index (Phi) is 4.52. The first-order chi connectivity index (χ1) is 8.98. The number of ether oxygens (including phenoxy) is 1. The van der Waals surface area contributed by atoms with Gasteiger partial charge < -0.3 is 9.84 Å².